The van der Waals surface area contributed by atoms with E-state index in [2.05, 4.69) is 15.4 Å². The maximum atomic E-state index is 12.8. The third kappa shape index (κ3) is 2.57. The van der Waals surface area contributed by atoms with Gasteiger partial charge in [-0.3, -0.25) is 9.59 Å². The number of aromatic nitrogens is 3. The molecular weight excluding hydrogens is 342 g/mol. The molecule has 0 radical (unpaired) electrons. The Morgan fingerprint density at radius 3 is 2.41 bits per heavy atom. The molecule has 1 aliphatic heterocycles. The number of allylic oxidation sites excluding steroid dienone is 2. The van der Waals surface area contributed by atoms with Gasteiger partial charge in [-0.15, -0.1) is 5.10 Å². The van der Waals surface area contributed by atoms with Crippen LogP contribution in [0.2, 0.25) is 0 Å². The third-order valence-electron chi connectivity index (χ3n) is 5.95. The first-order chi connectivity index (χ1) is 12.8. The number of hydrogen-bond donors (Lipinski definition) is 2. The van der Waals surface area contributed by atoms with Crippen LogP contribution in [0.25, 0.3) is 0 Å². The van der Waals surface area contributed by atoms with Gasteiger partial charge in [0, 0.05) is 23.4 Å². The Kier molecular flexibility index (Phi) is 3.91. The van der Waals surface area contributed by atoms with Crippen molar-refractivity contribution in [2.75, 3.05) is 11.1 Å². The zero-order valence-electron chi connectivity index (χ0n) is 16.1. The molecule has 7 heteroatoms. The van der Waals surface area contributed by atoms with Crippen LogP contribution in [0.3, 0.4) is 0 Å². The standard InChI is InChI=1S/C20H23N5O2/c1-9-11(3)17(12(4)10(2)16(9)21)23-19(26)18-22-15-8-13-6-5-7-14(13)20(27)25(15)24-18/h5-8,21H2,1-4H3,(H,23,26). The number of nitrogens with one attached hydrogen (secondary N) is 1. The monoisotopic (exact) mass is 365 g/mol. The van der Waals surface area contributed by atoms with Crippen LogP contribution in [-0.4, -0.2) is 26.6 Å². The number of benzene rings is 1. The summed E-state index contributed by atoms with van der Waals surface area (Å²) in [7, 11) is 0. The summed E-state index contributed by atoms with van der Waals surface area (Å²) < 4.78 is 1.29. The summed E-state index contributed by atoms with van der Waals surface area (Å²) >= 11 is 0. The molecule has 140 valence electrons. The number of nitrogen functional groups attached to an aromatic ring is 1. The molecule has 1 amide bonds. The van der Waals surface area contributed by atoms with Gasteiger partial charge in [0.2, 0.25) is 5.82 Å². The first-order valence-electron chi connectivity index (χ1n) is 9.18. The Labute approximate surface area is 157 Å². The molecule has 0 atom stereocenters. The minimum Gasteiger partial charge on any atom is -0.398 e. The number of carbonyl (C=O) groups is 2. The molecule has 2 heterocycles. The average molecular weight is 365 g/mol. The molecule has 7 nitrogen and oxygen atoms in total. The highest BCUT2D eigenvalue weighted by molar-refractivity contribution is 6.04. The van der Waals surface area contributed by atoms with E-state index in [0.717, 1.165) is 64.0 Å². The molecule has 1 aliphatic carbocycles. The minimum atomic E-state index is -0.417. The van der Waals surface area contributed by atoms with E-state index in [4.69, 9.17) is 5.73 Å². The lowest BCUT2D eigenvalue weighted by molar-refractivity contribution is 0.0927. The molecule has 1 aromatic heterocycles. The highest BCUT2D eigenvalue weighted by Crippen LogP contribution is 2.34. The van der Waals surface area contributed by atoms with E-state index in [1.54, 1.807) is 0 Å². The van der Waals surface area contributed by atoms with Gasteiger partial charge in [-0.25, -0.2) is 4.98 Å². The van der Waals surface area contributed by atoms with Crippen molar-refractivity contribution in [3.8, 4) is 0 Å². The summed E-state index contributed by atoms with van der Waals surface area (Å²) in [5.74, 6) is 0.0100. The number of amides is 1. The van der Waals surface area contributed by atoms with Crippen LogP contribution in [0.5, 0.6) is 0 Å². The van der Waals surface area contributed by atoms with E-state index in [1.807, 2.05) is 27.7 Å². The SMILES string of the molecule is Cc1c(C)c(NC(=O)c2nc3n(n2)C(=O)C2=C(CCC2)C3)c(C)c(C)c1N. The van der Waals surface area contributed by atoms with Crippen LogP contribution in [0, 0.1) is 27.7 Å². The number of hydrogen-bond acceptors (Lipinski definition) is 5. The fourth-order valence-electron chi connectivity index (χ4n) is 3.99. The molecule has 0 fully saturated rings. The van der Waals surface area contributed by atoms with Gasteiger partial charge in [0.15, 0.2) is 0 Å². The second-order valence-electron chi connectivity index (χ2n) is 7.42. The maximum absolute atomic E-state index is 12.8. The molecule has 2 aromatic rings. The average Bonchev–Trinajstić information content (AvgIpc) is 3.29. The Hall–Kier alpha value is -2.96. The van der Waals surface area contributed by atoms with E-state index in [-0.39, 0.29) is 11.7 Å². The van der Waals surface area contributed by atoms with Gasteiger partial charge in [0.1, 0.15) is 5.82 Å². The number of anilines is 2. The molecule has 27 heavy (non-hydrogen) atoms. The lowest BCUT2D eigenvalue weighted by Gasteiger charge is -2.18. The Bertz CT molecular complexity index is 1020. The van der Waals surface area contributed by atoms with Crippen LogP contribution in [0.4, 0.5) is 11.4 Å². The normalized spacial score (nSPS) is 15.8. The van der Waals surface area contributed by atoms with E-state index in [9.17, 15) is 9.59 Å². The lowest BCUT2D eigenvalue weighted by Crippen LogP contribution is -2.23. The first kappa shape index (κ1) is 17.5. The Morgan fingerprint density at radius 1 is 1.07 bits per heavy atom. The van der Waals surface area contributed by atoms with Gasteiger partial charge in [-0.05, 0) is 69.2 Å². The molecule has 0 spiro atoms. The Balaban J connectivity index is 1.65. The summed E-state index contributed by atoms with van der Waals surface area (Å²) in [6.07, 6.45) is 3.32. The van der Waals surface area contributed by atoms with Gasteiger partial charge in [-0.2, -0.15) is 4.68 Å². The summed E-state index contributed by atoms with van der Waals surface area (Å²) in [5.41, 5.74) is 13.3. The number of nitrogens with zero attached hydrogens (tertiary/aromatic N) is 3. The van der Waals surface area contributed by atoms with Crippen molar-refractivity contribution in [3.05, 3.63) is 45.0 Å². The van der Waals surface area contributed by atoms with Crippen molar-refractivity contribution < 1.29 is 9.59 Å². The zero-order valence-corrected chi connectivity index (χ0v) is 16.1. The zero-order chi connectivity index (χ0) is 19.5. The van der Waals surface area contributed by atoms with Crippen molar-refractivity contribution in [2.45, 2.75) is 53.4 Å². The van der Waals surface area contributed by atoms with Crippen molar-refractivity contribution in [2.24, 2.45) is 0 Å². The quantitative estimate of drug-likeness (QED) is 0.796. The number of fused-ring (bicyclic) bond motifs is 1. The van der Waals surface area contributed by atoms with Crippen LogP contribution in [0.15, 0.2) is 11.1 Å². The largest absolute Gasteiger partial charge is 0.398 e. The van der Waals surface area contributed by atoms with Crippen LogP contribution >= 0.6 is 0 Å². The predicted octanol–water partition coefficient (Wildman–Crippen LogP) is 3.02. The summed E-state index contributed by atoms with van der Waals surface area (Å²) in [5, 5.41) is 7.12. The van der Waals surface area contributed by atoms with E-state index in [0.29, 0.717) is 12.2 Å². The molecule has 0 saturated heterocycles. The second-order valence-corrected chi connectivity index (χ2v) is 7.42. The molecule has 3 N–H and O–H groups in total. The van der Waals surface area contributed by atoms with Gasteiger partial charge in [0.25, 0.3) is 11.8 Å². The van der Waals surface area contributed by atoms with Crippen molar-refractivity contribution >= 4 is 23.2 Å². The van der Waals surface area contributed by atoms with Gasteiger partial charge in [-0.1, -0.05) is 5.57 Å². The molecule has 1 aromatic carbocycles. The minimum absolute atomic E-state index is 0.0189. The lowest BCUT2D eigenvalue weighted by atomic mass is 9.96. The second kappa shape index (κ2) is 6.04. The number of nitrogens with two attached hydrogens (primary N) is 1. The van der Waals surface area contributed by atoms with E-state index >= 15 is 0 Å². The third-order valence-corrected chi connectivity index (χ3v) is 5.95. The molecule has 4 rings (SSSR count). The van der Waals surface area contributed by atoms with Gasteiger partial charge < -0.3 is 11.1 Å². The van der Waals surface area contributed by atoms with Gasteiger partial charge in [0.05, 0.1) is 0 Å². The van der Waals surface area contributed by atoms with Crippen molar-refractivity contribution in [1.29, 1.82) is 0 Å². The van der Waals surface area contributed by atoms with Crippen LogP contribution in [0.1, 0.15) is 62.8 Å². The molecule has 2 aliphatic rings. The smallest absolute Gasteiger partial charge is 0.295 e. The highest BCUT2D eigenvalue weighted by atomic mass is 16.2. The first-order valence-corrected chi connectivity index (χ1v) is 9.18. The van der Waals surface area contributed by atoms with E-state index in [1.165, 1.54) is 4.68 Å². The number of carbonyl (C=O) groups excluding carboxylic acids is 2. The summed E-state index contributed by atoms with van der Waals surface area (Å²) in [6.45, 7) is 7.73. The maximum Gasteiger partial charge on any atom is 0.295 e. The molecule has 0 saturated carbocycles. The summed E-state index contributed by atoms with van der Waals surface area (Å²) in [4.78, 5) is 29.7. The van der Waals surface area contributed by atoms with Crippen LogP contribution < -0.4 is 11.1 Å². The highest BCUT2D eigenvalue weighted by Gasteiger charge is 2.32. The van der Waals surface area contributed by atoms with Crippen molar-refractivity contribution in [1.82, 2.24) is 14.8 Å². The van der Waals surface area contributed by atoms with E-state index < -0.39 is 5.91 Å². The molecule has 0 bridgehead atoms. The topological polar surface area (TPSA) is 103 Å². The van der Waals surface area contributed by atoms with Crippen molar-refractivity contribution in [3.63, 3.8) is 0 Å². The fraction of sp³-hybridized carbons (Fsp3) is 0.400. The summed E-state index contributed by atoms with van der Waals surface area (Å²) in [6, 6.07) is 0. The Morgan fingerprint density at radius 2 is 1.74 bits per heavy atom. The predicted molar refractivity (Wildman–Crippen MR) is 103 cm³/mol. The van der Waals surface area contributed by atoms with Crippen LogP contribution in [-0.2, 0) is 6.42 Å². The molecular formula is C20H23N5O2. The fourth-order valence-corrected chi connectivity index (χ4v) is 3.99. The van der Waals surface area contributed by atoms with Gasteiger partial charge >= 0.3 is 0 Å². The molecule has 0 unspecified atom stereocenters. The number of rotatable bonds is 2.